The van der Waals surface area contributed by atoms with Gasteiger partial charge in [-0.3, -0.25) is 0 Å². The van der Waals surface area contributed by atoms with Gasteiger partial charge in [-0.2, -0.15) is 0 Å². The molecular weight excluding hydrogens is 411 g/mol. The molecule has 0 saturated heterocycles. The van der Waals surface area contributed by atoms with E-state index in [2.05, 4.69) is 25.6 Å². The van der Waals surface area contributed by atoms with Crippen LogP contribution in [0, 0.1) is 5.82 Å². The second kappa shape index (κ2) is 9.97. The number of rotatable bonds is 9. The number of hydrogen-bond acceptors (Lipinski definition) is 7. The van der Waals surface area contributed by atoms with Crippen LogP contribution in [0.4, 0.5) is 10.3 Å². The maximum Gasteiger partial charge on any atom is 0.223 e. The molecule has 0 saturated carbocycles. The highest BCUT2D eigenvalue weighted by atomic mass is 19.1. The first-order chi connectivity index (χ1) is 15.7. The molecular formula is C23H23FN6O2. The van der Waals surface area contributed by atoms with Crippen LogP contribution in [0.1, 0.15) is 12.5 Å². The second-order valence-corrected chi connectivity index (χ2v) is 6.88. The number of aromatic nitrogens is 5. The number of anilines is 1. The Balaban J connectivity index is 1.63. The van der Waals surface area contributed by atoms with E-state index in [1.54, 1.807) is 36.2 Å². The van der Waals surface area contributed by atoms with E-state index in [9.17, 15) is 4.39 Å². The number of hydrogen-bond donors (Lipinski definition) is 1. The Kier molecular flexibility index (Phi) is 6.66. The summed E-state index contributed by atoms with van der Waals surface area (Å²) in [7, 11) is 1.64. The van der Waals surface area contributed by atoms with Crippen molar-refractivity contribution in [3.05, 3.63) is 72.2 Å². The van der Waals surface area contributed by atoms with Crippen molar-refractivity contribution < 1.29 is 13.9 Å². The largest absolute Gasteiger partial charge is 0.497 e. The van der Waals surface area contributed by atoms with Gasteiger partial charge in [-0.05, 0) is 55.0 Å². The summed E-state index contributed by atoms with van der Waals surface area (Å²) in [6.07, 6.45) is 1.67. The Morgan fingerprint density at radius 3 is 2.53 bits per heavy atom. The van der Waals surface area contributed by atoms with Crippen LogP contribution in [0.5, 0.6) is 5.75 Å². The molecule has 0 spiro atoms. The maximum atomic E-state index is 13.4. The Morgan fingerprint density at radius 2 is 1.81 bits per heavy atom. The van der Waals surface area contributed by atoms with E-state index in [0.717, 1.165) is 16.9 Å². The fraction of sp³-hybridized carbons (Fsp3) is 0.217. The molecule has 0 aliphatic rings. The van der Waals surface area contributed by atoms with Crippen LogP contribution in [0.25, 0.3) is 22.6 Å². The Labute approximate surface area is 185 Å². The van der Waals surface area contributed by atoms with Gasteiger partial charge < -0.3 is 14.8 Å². The van der Waals surface area contributed by atoms with E-state index in [1.165, 1.54) is 12.1 Å². The number of methoxy groups -OCH3 is 1. The Bertz CT molecular complexity index is 1160. The topological polar surface area (TPSA) is 87.0 Å². The van der Waals surface area contributed by atoms with Gasteiger partial charge in [-0.1, -0.05) is 17.3 Å². The van der Waals surface area contributed by atoms with Gasteiger partial charge in [0, 0.05) is 24.9 Å². The zero-order valence-electron chi connectivity index (χ0n) is 17.8. The molecule has 0 fully saturated rings. The fourth-order valence-electron chi connectivity index (χ4n) is 3.14. The molecule has 1 N–H and O–H groups in total. The standard InChI is InChI=1S/C23H23FN6O2/c1-3-32-15-30-22(21(28-29-30)17-6-8-18(24)9-7-17)20-12-13-25-23(27-20)26-14-16-4-10-19(31-2)11-5-16/h4-13H,3,14-15H2,1-2H3,(H,25,26,27). The van der Waals surface area contributed by atoms with Crippen LogP contribution in [-0.2, 0) is 18.0 Å². The lowest BCUT2D eigenvalue weighted by atomic mass is 10.1. The first-order valence-corrected chi connectivity index (χ1v) is 10.2. The van der Waals surface area contributed by atoms with Gasteiger partial charge in [-0.25, -0.2) is 19.0 Å². The van der Waals surface area contributed by atoms with E-state index in [0.29, 0.717) is 36.2 Å². The third-order valence-electron chi connectivity index (χ3n) is 4.78. The summed E-state index contributed by atoms with van der Waals surface area (Å²) < 4.78 is 25.8. The minimum atomic E-state index is -0.316. The second-order valence-electron chi connectivity index (χ2n) is 6.88. The molecule has 0 radical (unpaired) electrons. The minimum absolute atomic E-state index is 0.221. The molecule has 0 unspecified atom stereocenters. The van der Waals surface area contributed by atoms with Crippen molar-refractivity contribution in [1.29, 1.82) is 0 Å². The predicted octanol–water partition coefficient (Wildman–Crippen LogP) is 4.16. The van der Waals surface area contributed by atoms with Crippen molar-refractivity contribution in [3.8, 4) is 28.4 Å². The monoisotopic (exact) mass is 434 g/mol. The van der Waals surface area contributed by atoms with Crippen molar-refractivity contribution in [1.82, 2.24) is 25.0 Å². The van der Waals surface area contributed by atoms with Crippen LogP contribution in [0.2, 0.25) is 0 Å². The summed E-state index contributed by atoms with van der Waals surface area (Å²) in [5.74, 6) is 0.951. The smallest absolute Gasteiger partial charge is 0.223 e. The van der Waals surface area contributed by atoms with E-state index >= 15 is 0 Å². The lowest BCUT2D eigenvalue weighted by Crippen LogP contribution is -2.08. The summed E-state index contributed by atoms with van der Waals surface area (Å²) in [5.41, 5.74) is 3.68. The molecule has 4 rings (SSSR count). The van der Waals surface area contributed by atoms with E-state index in [4.69, 9.17) is 9.47 Å². The average molecular weight is 434 g/mol. The van der Waals surface area contributed by atoms with Crippen LogP contribution in [0.15, 0.2) is 60.8 Å². The number of halogens is 1. The van der Waals surface area contributed by atoms with E-state index < -0.39 is 0 Å². The molecule has 0 atom stereocenters. The maximum absolute atomic E-state index is 13.4. The summed E-state index contributed by atoms with van der Waals surface area (Å²) in [5, 5.41) is 11.8. The molecule has 164 valence electrons. The van der Waals surface area contributed by atoms with Gasteiger partial charge >= 0.3 is 0 Å². The van der Waals surface area contributed by atoms with Crippen LogP contribution in [0.3, 0.4) is 0 Å². The SMILES string of the molecule is CCOCn1nnc(-c2ccc(F)cc2)c1-c1ccnc(NCc2ccc(OC)cc2)n1. The van der Waals surface area contributed by atoms with Crippen molar-refractivity contribution in [2.24, 2.45) is 0 Å². The Morgan fingerprint density at radius 1 is 1.03 bits per heavy atom. The first-order valence-electron chi connectivity index (χ1n) is 10.2. The normalized spacial score (nSPS) is 10.8. The Hall–Kier alpha value is -3.85. The van der Waals surface area contributed by atoms with Crippen molar-refractivity contribution >= 4 is 5.95 Å². The highest BCUT2D eigenvalue weighted by Crippen LogP contribution is 2.29. The number of ether oxygens (including phenoxy) is 2. The van der Waals surface area contributed by atoms with E-state index in [1.807, 2.05) is 31.2 Å². The highest BCUT2D eigenvalue weighted by Gasteiger charge is 2.19. The summed E-state index contributed by atoms with van der Waals surface area (Å²) in [6, 6.07) is 15.7. The molecule has 32 heavy (non-hydrogen) atoms. The molecule has 2 aromatic heterocycles. The zero-order valence-corrected chi connectivity index (χ0v) is 17.8. The quantitative estimate of drug-likeness (QED) is 0.423. The van der Waals surface area contributed by atoms with Gasteiger partial charge in [-0.15, -0.1) is 5.10 Å². The van der Waals surface area contributed by atoms with Crippen LogP contribution < -0.4 is 10.1 Å². The van der Waals surface area contributed by atoms with Crippen LogP contribution in [-0.4, -0.2) is 38.7 Å². The number of benzene rings is 2. The van der Waals surface area contributed by atoms with Crippen molar-refractivity contribution in [2.75, 3.05) is 19.0 Å². The number of nitrogens with zero attached hydrogens (tertiary/aromatic N) is 5. The van der Waals surface area contributed by atoms with E-state index in [-0.39, 0.29) is 12.5 Å². The van der Waals surface area contributed by atoms with Crippen LogP contribution >= 0.6 is 0 Å². The highest BCUT2D eigenvalue weighted by molar-refractivity contribution is 5.76. The molecule has 2 aromatic carbocycles. The fourth-order valence-corrected chi connectivity index (χ4v) is 3.14. The average Bonchev–Trinajstić information content (AvgIpc) is 3.26. The molecule has 0 aliphatic heterocycles. The summed E-state index contributed by atoms with van der Waals surface area (Å²) in [6.45, 7) is 3.21. The van der Waals surface area contributed by atoms with Crippen molar-refractivity contribution in [3.63, 3.8) is 0 Å². The van der Waals surface area contributed by atoms with Gasteiger partial charge in [0.15, 0.2) is 0 Å². The molecule has 2 heterocycles. The van der Waals surface area contributed by atoms with Gasteiger partial charge in [0.25, 0.3) is 0 Å². The molecule has 0 bridgehead atoms. The third kappa shape index (κ3) is 4.89. The molecule has 4 aromatic rings. The van der Waals surface area contributed by atoms with Crippen molar-refractivity contribution in [2.45, 2.75) is 20.2 Å². The molecule has 8 nitrogen and oxygen atoms in total. The zero-order chi connectivity index (χ0) is 22.3. The first kappa shape index (κ1) is 21.4. The lowest BCUT2D eigenvalue weighted by molar-refractivity contribution is 0.0790. The third-order valence-corrected chi connectivity index (χ3v) is 4.78. The number of nitrogens with one attached hydrogen (secondary N) is 1. The molecule has 0 aliphatic carbocycles. The van der Waals surface area contributed by atoms with Gasteiger partial charge in [0.05, 0.1) is 12.8 Å². The molecule has 9 heteroatoms. The summed E-state index contributed by atoms with van der Waals surface area (Å²) in [4.78, 5) is 8.99. The van der Waals surface area contributed by atoms with Gasteiger partial charge in [0.2, 0.25) is 5.95 Å². The lowest BCUT2D eigenvalue weighted by Gasteiger charge is -2.10. The van der Waals surface area contributed by atoms with Gasteiger partial charge in [0.1, 0.15) is 29.7 Å². The molecule has 0 amide bonds. The minimum Gasteiger partial charge on any atom is -0.497 e. The summed E-state index contributed by atoms with van der Waals surface area (Å²) >= 11 is 0. The predicted molar refractivity (Wildman–Crippen MR) is 118 cm³/mol.